The van der Waals surface area contributed by atoms with E-state index in [1.54, 1.807) is 5.56 Å². The summed E-state index contributed by atoms with van der Waals surface area (Å²) in [5.74, 6) is 0. The molecule has 2 rings (SSSR count). The highest BCUT2D eigenvalue weighted by Crippen LogP contribution is 2.46. The molecule has 0 spiro atoms. The highest BCUT2D eigenvalue weighted by molar-refractivity contribution is 5.57. The summed E-state index contributed by atoms with van der Waals surface area (Å²) in [6.07, 6.45) is 13.6. The Labute approximate surface area is 150 Å². The summed E-state index contributed by atoms with van der Waals surface area (Å²) in [4.78, 5) is 0. The monoisotopic (exact) mass is 325 g/mol. The Morgan fingerprint density at radius 1 is 0.875 bits per heavy atom. The van der Waals surface area contributed by atoms with Gasteiger partial charge >= 0.3 is 0 Å². The SMILES string of the molecule is [CH]=Cc1cc2c(cc1CCCCCCCC)C(C)(C)CCC2(C)C. The van der Waals surface area contributed by atoms with Crippen LogP contribution in [0.25, 0.3) is 6.08 Å². The first kappa shape index (κ1) is 19.3. The van der Waals surface area contributed by atoms with E-state index in [9.17, 15) is 0 Å². The van der Waals surface area contributed by atoms with Gasteiger partial charge in [0.1, 0.15) is 0 Å². The molecule has 0 atom stereocenters. The lowest BCUT2D eigenvalue weighted by Crippen LogP contribution is -2.34. The second kappa shape index (κ2) is 7.89. The molecule has 0 aromatic heterocycles. The number of unbranched alkanes of at least 4 members (excludes halogenated alkanes) is 5. The van der Waals surface area contributed by atoms with Crippen LogP contribution in [0.3, 0.4) is 0 Å². The topological polar surface area (TPSA) is 0 Å². The first-order valence-electron chi connectivity index (χ1n) is 10.0. The van der Waals surface area contributed by atoms with Crippen molar-refractivity contribution in [3.63, 3.8) is 0 Å². The summed E-state index contributed by atoms with van der Waals surface area (Å²) in [6.45, 7) is 17.8. The van der Waals surface area contributed by atoms with Gasteiger partial charge in [0.05, 0.1) is 0 Å². The maximum absolute atomic E-state index is 5.98. The van der Waals surface area contributed by atoms with Crippen LogP contribution < -0.4 is 0 Å². The fourth-order valence-electron chi connectivity index (χ4n) is 4.14. The number of benzene rings is 1. The number of hydrogen-bond acceptors (Lipinski definition) is 0. The molecule has 0 heterocycles. The van der Waals surface area contributed by atoms with Gasteiger partial charge in [-0.2, -0.15) is 0 Å². The molecule has 1 aliphatic carbocycles. The number of rotatable bonds is 8. The van der Waals surface area contributed by atoms with E-state index in [4.69, 9.17) is 6.58 Å². The van der Waals surface area contributed by atoms with Crippen molar-refractivity contribution in [1.29, 1.82) is 0 Å². The molecule has 1 aromatic carbocycles. The van der Waals surface area contributed by atoms with Gasteiger partial charge in [0.15, 0.2) is 0 Å². The first-order chi connectivity index (χ1) is 11.3. The van der Waals surface area contributed by atoms with Gasteiger partial charge in [0, 0.05) is 0 Å². The van der Waals surface area contributed by atoms with Crippen LogP contribution >= 0.6 is 0 Å². The Hall–Kier alpha value is -1.04. The van der Waals surface area contributed by atoms with Crippen LogP contribution in [0.5, 0.6) is 0 Å². The van der Waals surface area contributed by atoms with E-state index < -0.39 is 0 Å². The Morgan fingerprint density at radius 2 is 1.42 bits per heavy atom. The molecule has 0 saturated carbocycles. The van der Waals surface area contributed by atoms with Crippen molar-refractivity contribution < 1.29 is 0 Å². The molecule has 1 aromatic rings. The summed E-state index contributed by atoms with van der Waals surface area (Å²) in [6, 6.07) is 4.88. The quantitative estimate of drug-likeness (QED) is 0.437. The largest absolute Gasteiger partial charge is 0.0654 e. The van der Waals surface area contributed by atoms with Crippen LogP contribution in [0.1, 0.15) is 108 Å². The summed E-state index contributed by atoms with van der Waals surface area (Å²) in [5, 5.41) is 0. The minimum absolute atomic E-state index is 0.265. The molecule has 1 aliphatic rings. The highest BCUT2D eigenvalue weighted by atomic mass is 14.4. The third-order valence-corrected chi connectivity index (χ3v) is 6.09. The predicted molar refractivity (Wildman–Crippen MR) is 108 cm³/mol. The molecular formula is C24H37. The molecule has 0 bridgehead atoms. The predicted octanol–water partition coefficient (Wildman–Crippen LogP) is 7.38. The van der Waals surface area contributed by atoms with Crippen molar-refractivity contribution in [2.24, 2.45) is 0 Å². The first-order valence-corrected chi connectivity index (χ1v) is 10.0. The molecule has 0 unspecified atom stereocenters. The zero-order chi connectivity index (χ0) is 17.8. The van der Waals surface area contributed by atoms with Gasteiger partial charge in [-0.05, 0) is 58.8 Å². The second-order valence-electron chi connectivity index (χ2n) is 9.05. The fraction of sp³-hybridized carbons (Fsp3) is 0.667. The Bertz CT molecular complexity index is 560. The van der Waals surface area contributed by atoms with Crippen molar-refractivity contribution in [3.8, 4) is 0 Å². The highest BCUT2D eigenvalue weighted by Gasteiger charge is 2.37. The minimum atomic E-state index is 0.265. The van der Waals surface area contributed by atoms with Crippen LogP contribution in [0.4, 0.5) is 0 Å². The van der Waals surface area contributed by atoms with E-state index in [1.807, 2.05) is 6.08 Å². The zero-order valence-corrected chi connectivity index (χ0v) is 16.7. The third kappa shape index (κ3) is 4.32. The Morgan fingerprint density at radius 3 is 2.00 bits per heavy atom. The molecule has 0 fully saturated rings. The van der Waals surface area contributed by atoms with E-state index in [1.165, 1.54) is 74.5 Å². The van der Waals surface area contributed by atoms with Gasteiger partial charge in [-0.3, -0.25) is 0 Å². The summed E-state index contributed by atoms with van der Waals surface area (Å²) >= 11 is 0. The standard InChI is InChI=1S/C24H37/c1-7-9-10-11-12-13-14-20-18-22-21(17-19(20)8-2)23(3,4)15-16-24(22,5)6/h2,8,17-18H,7,9-16H2,1,3-6H3. The van der Waals surface area contributed by atoms with Gasteiger partial charge in [0.2, 0.25) is 0 Å². The molecule has 0 amide bonds. The zero-order valence-electron chi connectivity index (χ0n) is 16.7. The van der Waals surface area contributed by atoms with Crippen molar-refractivity contribution in [1.82, 2.24) is 0 Å². The average Bonchev–Trinajstić information content (AvgIpc) is 2.54. The normalized spacial score (nSPS) is 18.2. The molecule has 133 valence electrons. The van der Waals surface area contributed by atoms with Gasteiger partial charge in [-0.15, -0.1) is 0 Å². The maximum atomic E-state index is 5.98. The summed E-state index contributed by atoms with van der Waals surface area (Å²) in [5.41, 5.74) is 6.34. The van der Waals surface area contributed by atoms with Crippen LogP contribution in [0.15, 0.2) is 12.1 Å². The van der Waals surface area contributed by atoms with E-state index in [-0.39, 0.29) is 10.8 Å². The summed E-state index contributed by atoms with van der Waals surface area (Å²) in [7, 11) is 0. The fourth-order valence-corrected chi connectivity index (χ4v) is 4.14. The van der Waals surface area contributed by atoms with E-state index in [0.717, 1.165) is 0 Å². The van der Waals surface area contributed by atoms with Crippen LogP contribution in [-0.4, -0.2) is 0 Å². The van der Waals surface area contributed by atoms with Crippen molar-refractivity contribution in [2.75, 3.05) is 0 Å². The lowest BCUT2D eigenvalue weighted by atomic mass is 9.62. The van der Waals surface area contributed by atoms with Gasteiger partial charge in [-0.1, -0.05) is 91.5 Å². The van der Waals surface area contributed by atoms with Gasteiger partial charge < -0.3 is 0 Å². The Balaban J connectivity index is 2.19. The number of hydrogen-bond donors (Lipinski definition) is 0. The van der Waals surface area contributed by atoms with Gasteiger partial charge in [0.25, 0.3) is 0 Å². The third-order valence-electron chi connectivity index (χ3n) is 6.09. The van der Waals surface area contributed by atoms with Crippen LogP contribution in [0.2, 0.25) is 0 Å². The maximum Gasteiger partial charge on any atom is -0.0100 e. The van der Waals surface area contributed by atoms with Crippen LogP contribution in [0, 0.1) is 6.58 Å². The molecule has 0 heteroatoms. The lowest BCUT2D eigenvalue weighted by molar-refractivity contribution is 0.331. The molecule has 0 N–H and O–H groups in total. The second-order valence-corrected chi connectivity index (χ2v) is 9.05. The molecule has 0 saturated heterocycles. The summed E-state index contributed by atoms with van der Waals surface area (Å²) < 4.78 is 0. The van der Waals surface area contributed by atoms with E-state index >= 15 is 0 Å². The van der Waals surface area contributed by atoms with Gasteiger partial charge in [-0.25, -0.2) is 0 Å². The average molecular weight is 326 g/mol. The minimum Gasteiger partial charge on any atom is -0.0654 e. The number of fused-ring (bicyclic) bond motifs is 1. The number of aryl methyl sites for hydroxylation is 1. The molecular weight excluding hydrogens is 288 g/mol. The van der Waals surface area contributed by atoms with E-state index in [2.05, 4.69) is 46.8 Å². The van der Waals surface area contributed by atoms with E-state index in [0.29, 0.717) is 0 Å². The molecule has 24 heavy (non-hydrogen) atoms. The van der Waals surface area contributed by atoms with Crippen LogP contribution in [-0.2, 0) is 17.3 Å². The van der Waals surface area contributed by atoms with Crippen molar-refractivity contribution in [2.45, 2.75) is 103 Å². The Kier molecular flexibility index (Phi) is 6.34. The molecule has 1 radical (unpaired) electrons. The van der Waals surface area contributed by atoms with Crippen molar-refractivity contribution in [3.05, 3.63) is 41.0 Å². The molecule has 0 aliphatic heterocycles. The smallest absolute Gasteiger partial charge is 0.0100 e. The van der Waals surface area contributed by atoms with Crippen molar-refractivity contribution >= 4 is 6.08 Å². The lowest BCUT2D eigenvalue weighted by Gasteiger charge is -2.42. The molecule has 0 nitrogen and oxygen atoms in total.